The highest BCUT2D eigenvalue weighted by molar-refractivity contribution is 5.95. The summed E-state index contributed by atoms with van der Waals surface area (Å²) in [5, 5.41) is 7.26. The Balaban J connectivity index is 1.47. The summed E-state index contributed by atoms with van der Waals surface area (Å²) in [5.41, 5.74) is 2.66. The van der Waals surface area contributed by atoms with Crippen LogP contribution in [-0.4, -0.2) is 28.3 Å². The van der Waals surface area contributed by atoms with Gasteiger partial charge in [-0.1, -0.05) is 36.4 Å². The van der Waals surface area contributed by atoms with Crippen molar-refractivity contribution in [3.63, 3.8) is 0 Å². The molecule has 1 heterocycles. The molecule has 1 amide bonds. The summed E-state index contributed by atoms with van der Waals surface area (Å²) in [6.45, 7) is -0.355. The Hall–Kier alpha value is -3.41. The molecular weight excluding hydrogens is 342 g/mol. The summed E-state index contributed by atoms with van der Waals surface area (Å²) in [6.07, 6.45) is 2.17. The maximum absolute atomic E-state index is 12.6. The van der Waals surface area contributed by atoms with E-state index in [4.69, 9.17) is 4.74 Å². The van der Waals surface area contributed by atoms with Gasteiger partial charge in [-0.05, 0) is 43.2 Å². The Labute approximate surface area is 156 Å². The first-order valence-corrected chi connectivity index (χ1v) is 8.88. The third kappa shape index (κ3) is 4.06. The molecule has 0 unspecified atom stereocenters. The normalized spacial score (nSPS) is 13.2. The summed E-state index contributed by atoms with van der Waals surface area (Å²) in [4.78, 5) is 24.6. The third-order valence-electron chi connectivity index (χ3n) is 4.33. The number of esters is 1. The first-order chi connectivity index (χ1) is 13.2. The van der Waals surface area contributed by atoms with E-state index < -0.39 is 5.97 Å². The minimum atomic E-state index is -0.568. The molecule has 1 aliphatic carbocycles. The van der Waals surface area contributed by atoms with Gasteiger partial charge in [0.15, 0.2) is 12.3 Å². The number of hydrogen-bond acceptors (Lipinski definition) is 4. The first-order valence-electron chi connectivity index (χ1n) is 8.88. The van der Waals surface area contributed by atoms with Gasteiger partial charge in [-0.2, -0.15) is 5.10 Å². The van der Waals surface area contributed by atoms with Crippen molar-refractivity contribution >= 4 is 17.6 Å². The molecule has 4 rings (SSSR count). The van der Waals surface area contributed by atoms with Crippen LogP contribution in [-0.2, 0) is 9.53 Å². The number of amides is 1. The number of carbonyl (C=O) groups excluding carboxylic acids is 2. The topological polar surface area (TPSA) is 73.2 Å². The number of nitrogens with one attached hydrogen (secondary N) is 1. The van der Waals surface area contributed by atoms with Crippen molar-refractivity contribution in [2.24, 2.45) is 0 Å². The van der Waals surface area contributed by atoms with Crippen LogP contribution in [0.5, 0.6) is 0 Å². The van der Waals surface area contributed by atoms with Gasteiger partial charge >= 0.3 is 5.97 Å². The largest absolute Gasteiger partial charge is 0.451 e. The fraction of sp³-hybridized carbons (Fsp3) is 0.190. The van der Waals surface area contributed by atoms with Crippen molar-refractivity contribution in [2.45, 2.75) is 18.8 Å². The molecule has 6 nitrogen and oxygen atoms in total. The zero-order valence-electron chi connectivity index (χ0n) is 14.7. The molecule has 2 aromatic carbocycles. The second-order valence-corrected chi connectivity index (χ2v) is 6.47. The van der Waals surface area contributed by atoms with E-state index in [-0.39, 0.29) is 12.5 Å². The SMILES string of the molecule is O=C(COC(=O)c1cc(C2CC2)nn1-c1ccccc1)Nc1ccccc1. The molecule has 27 heavy (non-hydrogen) atoms. The molecule has 3 aromatic rings. The maximum atomic E-state index is 12.6. The first kappa shape index (κ1) is 17.0. The molecule has 0 saturated heterocycles. The predicted molar refractivity (Wildman–Crippen MR) is 101 cm³/mol. The van der Waals surface area contributed by atoms with Crippen LogP contribution >= 0.6 is 0 Å². The van der Waals surface area contributed by atoms with E-state index in [0.717, 1.165) is 24.2 Å². The number of rotatable bonds is 6. The number of ether oxygens (including phenoxy) is 1. The number of carbonyl (C=O) groups is 2. The summed E-state index contributed by atoms with van der Waals surface area (Å²) in [5.74, 6) is -0.549. The van der Waals surface area contributed by atoms with Crippen LogP contribution in [0.15, 0.2) is 66.7 Å². The summed E-state index contributed by atoms with van der Waals surface area (Å²) < 4.78 is 6.81. The maximum Gasteiger partial charge on any atom is 0.357 e. The lowest BCUT2D eigenvalue weighted by Crippen LogP contribution is -2.22. The molecular formula is C21H19N3O3. The van der Waals surface area contributed by atoms with Gasteiger partial charge in [0.05, 0.1) is 11.4 Å². The van der Waals surface area contributed by atoms with E-state index in [0.29, 0.717) is 17.3 Å². The molecule has 0 bridgehead atoms. The summed E-state index contributed by atoms with van der Waals surface area (Å²) in [7, 11) is 0. The minimum Gasteiger partial charge on any atom is -0.451 e. The molecule has 1 fully saturated rings. The highest BCUT2D eigenvalue weighted by atomic mass is 16.5. The molecule has 0 aliphatic heterocycles. The highest BCUT2D eigenvalue weighted by Gasteiger charge is 2.29. The Kier molecular flexibility index (Phi) is 4.70. The van der Waals surface area contributed by atoms with Gasteiger partial charge in [0.1, 0.15) is 0 Å². The number of nitrogens with zero attached hydrogens (tertiary/aromatic N) is 2. The van der Waals surface area contributed by atoms with Crippen molar-refractivity contribution in [1.82, 2.24) is 9.78 Å². The van der Waals surface area contributed by atoms with Gasteiger partial charge in [0, 0.05) is 11.6 Å². The third-order valence-corrected chi connectivity index (χ3v) is 4.33. The van der Waals surface area contributed by atoms with Gasteiger partial charge < -0.3 is 10.1 Å². The number of hydrogen-bond donors (Lipinski definition) is 1. The standard InChI is InChI=1S/C21H19N3O3/c25-20(22-16-7-3-1-4-8-16)14-27-21(26)19-13-18(15-11-12-15)23-24(19)17-9-5-2-6-10-17/h1-10,13,15H,11-12,14H2,(H,22,25). The van der Waals surface area contributed by atoms with Crippen molar-refractivity contribution in [2.75, 3.05) is 11.9 Å². The predicted octanol–water partition coefficient (Wildman–Crippen LogP) is 3.55. The molecule has 0 radical (unpaired) electrons. The Morgan fingerprint density at radius 3 is 2.37 bits per heavy atom. The molecule has 0 atom stereocenters. The van der Waals surface area contributed by atoms with Crippen LogP contribution < -0.4 is 5.32 Å². The van der Waals surface area contributed by atoms with Gasteiger partial charge in [0.2, 0.25) is 0 Å². The van der Waals surface area contributed by atoms with Crippen LogP contribution in [0.4, 0.5) is 5.69 Å². The van der Waals surface area contributed by atoms with E-state index in [1.54, 1.807) is 22.9 Å². The smallest absolute Gasteiger partial charge is 0.357 e. The van der Waals surface area contributed by atoms with Gasteiger partial charge in [-0.25, -0.2) is 9.48 Å². The monoisotopic (exact) mass is 361 g/mol. The molecule has 0 spiro atoms. The molecule has 6 heteroatoms. The average molecular weight is 361 g/mol. The van der Waals surface area contributed by atoms with E-state index in [1.807, 2.05) is 48.5 Å². The summed E-state index contributed by atoms with van der Waals surface area (Å²) in [6, 6.07) is 20.2. The lowest BCUT2D eigenvalue weighted by molar-refractivity contribution is -0.119. The Morgan fingerprint density at radius 2 is 1.70 bits per heavy atom. The van der Waals surface area contributed by atoms with Crippen molar-refractivity contribution in [3.05, 3.63) is 78.1 Å². The van der Waals surface area contributed by atoms with Crippen molar-refractivity contribution < 1.29 is 14.3 Å². The number of aromatic nitrogens is 2. The molecule has 1 saturated carbocycles. The highest BCUT2D eigenvalue weighted by Crippen LogP contribution is 2.39. The molecule has 1 aliphatic rings. The average Bonchev–Trinajstić information content (AvgIpc) is 3.46. The zero-order chi connectivity index (χ0) is 18.6. The number of para-hydroxylation sites is 2. The zero-order valence-corrected chi connectivity index (χ0v) is 14.7. The van der Waals surface area contributed by atoms with Crippen LogP contribution in [0.3, 0.4) is 0 Å². The van der Waals surface area contributed by atoms with Crippen molar-refractivity contribution in [3.8, 4) is 5.69 Å². The number of benzene rings is 2. The second-order valence-electron chi connectivity index (χ2n) is 6.47. The van der Waals surface area contributed by atoms with E-state index in [2.05, 4.69) is 10.4 Å². The van der Waals surface area contributed by atoms with Gasteiger partial charge in [0.25, 0.3) is 5.91 Å². The second kappa shape index (κ2) is 7.45. The number of anilines is 1. The minimum absolute atomic E-state index is 0.329. The molecule has 136 valence electrons. The molecule has 1 aromatic heterocycles. The Bertz CT molecular complexity index is 947. The van der Waals surface area contributed by atoms with Gasteiger partial charge in [-0.15, -0.1) is 0 Å². The van der Waals surface area contributed by atoms with Crippen LogP contribution in [0.1, 0.15) is 34.9 Å². The van der Waals surface area contributed by atoms with E-state index in [1.165, 1.54) is 0 Å². The lowest BCUT2D eigenvalue weighted by Gasteiger charge is -2.08. The van der Waals surface area contributed by atoms with Crippen LogP contribution in [0.2, 0.25) is 0 Å². The van der Waals surface area contributed by atoms with Gasteiger partial charge in [-0.3, -0.25) is 4.79 Å². The van der Waals surface area contributed by atoms with E-state index >= 15 is 0 Å². The lowest BCUT2D eigenvalue weighted by atomic mass is 10.2. The van der Waals surface area contributed by atoms with Crippen molar-refractivity contribution in [1.29, 1.82) is 0 Å². The van der Waals surface area contributed by atoms with Crippen LogP contribution in [0, 0.1) is 0 Å². The summed E-state index contributed by atoms with van der Waals surface area (Å²) >= 11 is 0. The van der Waals surface area contributed by atoms with Crippen LogP contribution in [0.25, 0.3) is 5.69 Å². The quantitative estimate of drug-likeness (QED) is 0.682. The van der Waals surface area contributed by atoms with E-state index in [9.17, 15) is 9.59 Å². The fourth-order valence-electron chi connectivity index (χ4n) is 2.81. The Morgan fingerprint density at radius 1 is 1.04 bits per heavy atom. The fourth-order valence-corrected chi connectivity index (χ4v) is 2.81. The molecule has 1 N–H and O–H groups in total.